The number of nitrogens with one attached hydrogen (secondary N) is 2. The number of carbonyl (C=O) groups is 2. The largest absolute Gasteiger partial charge is 0.350 e. The van der Waals surface area contributed by atoms with E-state index in [0.29, 0.717) is 12.2 Å². The number of rotatable bonds is 6. The van der Waals surface area contributed by atoms with Gasteiger partial charge in [0.05, 0.1) is 5.69 Å². The van der Waals surface area contributed by atoms with Gasteiger partial charge in [-0.15, -0.1) is 5.10 Å². The lowest BCUT2D eigenvalue weighted by atomic mass is 10.1. The van der Waals surface area contributed by atoms with Crippen molar-refractivity contribution in [3.05, 3.63) is 76.1 Å². The first kappa shape index (κ1) is 20.3. The molecule has 0 unspecified atom stereocenters. The minimum atomic E-state index is -0.347. The van der Waals surface area contributed by atoms with Crippen LogP contribution in [-0.4, -0.2) is 26.8 Å². The highest BCUT2D eigenvalue weighted by molar-refractivity contribution is 6.04. The summed E-state index contributed by atoms with van der Waals surface area (Å²) in [6.45, 7) is 8.12. The van der Waals surface area contributed by atoms with Crippen LogP contribution in [-0.2, 0) is 17.9 Å². The lowest BCUT2D eigenvalue weighted by molar-refractivity contribution is -0.122. The van der Waals surface area contributed by atoms with Gasteiger partial charge in [-0.3, -0.25) is 9.59 Å². The van der Waals surface area contributed by atoms with Crippen LogP contribution in [0, 0.1) is 27.7 Å². The van der Waals surface area contributed by atoms with Crippen molar-refractivity contribution in [3.63, 3.8) is 0 Å². The van der Waals surface area contributed by atoms with Crippen molar-refractivity contribution in [1.82, 2.24) is 20.3 Å². The van der Waals surface area contributed by atoms with Crippen LogP contribution < -0.4 is 10.6 Å². The molecule has 0 fully saturated rings. The molecule has 0 aliphatic heterocycles. The van der Waals surface area contributed by atoms with Crippen molar-refractivity contribution in [2.24, 2.45) is 0 Å². The minimum absolute atomic E-state index is 0.00152. The molecule has 3 rings (SSSR count). The lowest BCUT2D eigenvalue weighted by Crippen LogP contribution is -2.28. The molecule has 2 N–H and O–H groups in total. The zero-order valence-electron chi connectivity index (χ0n) is 17.1. The number of hydrogen-bond donors (Lipinski definition) is 2. The first-order chi connectivity index (χ1) is 13.8. The number of aromatic nitrogens is 3. The smallest absolute Gasteiger partial charge is 0.278 e. The Hall–Kier alpha value is -3.48. The molecule has 0 atom stereocenters. The Morgan fingerprint density at radius 1 is 0.966 bits per heavy atom. The van der Waals surface area contributed by atoms with E-state index in [0.717, 1.165) is 22.4 Å². The van der Waals surface area contributed by atoms with Crippen LogP contribution in [0.1, 0.15) is 38.4 Å². The Bertz CT molecular complexity index is 1040. The molecule has 7 nitrogen and oxygen atoms in total. The van der Waals surface area contributed by atoms with Crippen molar-refractivity contribution in [2.45, 2.75) is 40.8 Å². The Labute approximate surface area is 170 Å². The third kappa shape index (κ3) is 5.07. The number of amides is 2. The number of aryl methyl sites for hydroxylation is 3. The molecular weight excluding hydrogens is 366 g/mol. The van der Waals surface area contributed by atoms with Gasteiger partial charge in [-0.05, 0) is 44.9 Å². The van der Waals surface area contributed by atoms with Gasteiger partial charge in [0.15, 0.2) is 5.69 Å². The van der Waals surface area contributed by atoms with Crippen LogP contribution in [0.4, 0.5) is 5.69 Å². The number of hydrogen-bond acceptors (Lipinski definition) is 4. The zero-order valence-corrected chi connectivity index (χ0v) is 17.1. The minimum Gasteiger partial charge on any atom is -0.350 e. The lowest BCUT2D eigenvalue weighted by Gasteiger charge is -2.09. The van der Waals surface area contributed by atoms with E-state index < -0.39 is 0 Å². The maximum absolute atomic E-state index is 12.6. The number of anilines is 1. The molecule has 0 saturated heterocycles. The second-order valence-electron chi connectivity index (χ2n) is 7.22. The Balaban J connectivity index is 1.61. The van der Waals surface area contributed by atoms with Gasteiger partial charge in [-0.1, -0.05) is 52.7 Å². The SMILES string of the molecule is Cc1ccc(CNC(=O)Cn2nnc(C(=O)Nc3ccc(C)cc3C)c2C)cc1. The molecule has 7 heteroatoms. The Morgan fingerprint density at radius 2 is 1.66 bits per heavy atom. The quantitative estimate of drug-likeness (QED) is 0.676. The zero-order chi connectivity index (χ0) is 21.0. The second kappa shape index (κ2) is 8.68. The van der Waals surface area contributed by atoms with Gasteiger partial charge < -0.3 is 10.6 Å². The molecule has 2 aromatic carbocycles. The molecule has 1 aromatic heterocycles. The predicted octanol–water partition coefficient (Wildman–Crippen LogP) is 3.08. The van der Waals surface area contributed by atoms with Crippen molar-refractivity contribution in [3.8, 4) is 0 Å². The van der Waals surface area contributed by atoms with E-state index in [2.05, 4.69) is 20.9 Å². The van der Waals surface area contributed by atoms with E-state index in [1.165, 1.54) is 10.2 Å². The summed E-state index contributed by atoms with van der Waals surface area (Å²) in [6.07, 6.45) is 0. The fourth-order valence-corrected chi connectivity index (χ4v) is 2.95. The molecule has 0 bridgehead atoms. The summed E-state index contributed by atoms with van der Waals surface area (Å²) in [5.41, 5.74) is 5.76. The second-order valence-corrected chi connectivity index (χ2v) is 7.22. The van der Waals surface area contributed by atoms with E-state index in [9.17, 15) is 9.59 Å². The van der Waals surface area contributed by atoms with Gasteiger partial charge >= 0.3 is 0 Å². The first-order valence-corrected chi connectivity index (χ1v) is 9.44. The van der Waals surface area contributed by atoms with Gasteiger partial charge in [0.25, 0.3) is 5.91 Å². The molecule has 2 amide bonds. The normalized spacial score (nSPS) is 10.6. The van der Waals surface area contributed by atoms with Crippen LogP contribution in [0.25, 0.3) is 0 Å². The van der Waals surface area contributed by atoms with Crippen molar-refractivity contribution < 1.29 is 9.59 Å². The topological polar surface area (TPSA) is 88.9 Å². The molecule has 0 radical (unpaired) electrons. The average molecular weight is 391 g/mol. The van der Waals surface area contributed by atoms with Crippen LogP contribution >= 0.6 is 0 Å². The maximum Gasteiger partial charge on any atom is 0.278 e. The summed E-state index contributed by atoms with van der Waals surface area (Å²) in [5, 5.41) is 13.6. The molecule has 29 heavy (non-hydrogen) atoms. The van der Waals surface area contributed by atoms with Crippen molar-refractivity contribution >= 4 is 17.5 Å². The van der Waals surface area contributed by atoms with E-state index in [-0.39, 0.29) is 24.1 Å². The van der Waals surface area contributed by atoms with E-state index in [4.69, 9.17) is 0 Å². The molecule has 0 aliphatic carbocycles. The molecule has 0 spiro atoms. The molecule has 150 valence electrons. The standard InChI is InChI=1S/C22H25N5O2/c1-14-5-8-18(9-6-14)12-23-20(28)13-27-17(4)21(25-26-27)22(29)24-19-10-7-15(2)11-16(19)3/h5-11H,12-13H2,1-4H3,(H,23,28)(H,24,29). The van der Waals surface area contributed by atoms with Crippen LogP contribution in [0.15, 0.2) is 42.5 Å². The average Bonchev–Trinajstić information content (AvgIpc) is 3.04. The third-order valence-corrected chi connectivity index (χ3v) is 4.73. The van der Waals surface area contributed by atoms with Crippen LogP contribution in [0.3, 0.4) is 0 Å². The fourth-order valence-electron chi connectivity index (χ4n) is 2.95. The molecule has 1 heterocycles. The summed E-state index contributed by atoms with van der Waals surface area (Å²) in [6, 6.07) is 13.8. The summed E-state index contributed by atoms with van der Waals surface area (Å²) in [4.78, 5) is 24.8. The van der Waals surface area contributed by atoms with Crippen LogP contribution in [0.2, 0.25) is 0 Å². The molecular formula is C22H25N5O2. The third-order valence-electron chi connectivity index (χ3n) is 4.73. The summed E-state index contributed by atoms with van der Waals surface area (Å²) >= 11 is 0. The van der Waals surface area contributed by atoms with Crippen molar-refractivity contribution in [2.75, 3.05) is 5.32 Å². The number of carbonyl (C=O) groups excluding carboxylic acids is 2. The highest BCUT2D eigenvalue weighted by Gasteiger charge is 2.18. The number of benzene rings is 2. The molecule has 0 aliphatic rings. The summed E-state index contributed by atoms with van der Waals surface area (Å²) in [7, 11) is 0. The highest BCUT2D eigenvalue weighted by Crippen LogP contribution is 2.17. The fraction of sp³-hybridized carbons (Fsp3) is 0.273. The molecule has 0 saturated carbocycles. The Kier molecular flexibility index (Phi) is 6.07. The predicted molar refractivity (Wildman–Crippen MR) is 112 cm³/mol. The maximum atomic E-state index is 12.6. The van der Waals surface area contributed by atoms with Gasteiger partial charge in [-0.2, -0.15) is 0 Å². The molecule has 3 aromatic rings. The van der Waals surface area contributed by atoms with Crippen LogP contribution in [0.5, 0.6) is 0 Å². The van der Waals surface area contributed by atoms with Gasteiger partial charge in [0.2, 0.25) is 5.91 Å². The van der Waals surface area contributed by atoms with E-state index in [1.807, 2.05) is 63.2 Å². The summed E-state index contributed by atoms with van der Waals surface area (Å²) < 4.78 is 1.43. The Morgan fingerprint density at radius 3 is 2.34 bits per heavy atom. The highest BCUT2D eigenvalue weighted by atomic mass is 16.2. The van der Waals surface area contributed by atoms with Gasteiger partial charge in [-0.25, -0.2) is 4.68 Å². The van der Waals surface area contributed by atoms with Crippen molar-refractivity contribution in [1.29, 1.82) is 0 Å². The number of nitrogens with zero attached hydrogens (tertiary/aromatic N) is 3. The summed E-state index contributed by atoms with van der Waals surface area (Å²) in [5.74, 6) is -0.541. The first-order valence-electron chi connectivity index (χ1n) is 9.44. The van der Waals surface area contributed by atoms with E-state index >= 15 is 0 Å². The van der Waals surface area contributed by atoms with Gasteiger partial charge in [0, 0.05) is 12.2 Å². The monoisotopic (exact) mass is 391 g/mol. The van der Waals surface area contributed by atoms with E-state index in [1.54, 1.807) is 6.92 Å². The van der Waals surface area contributed by atoms with Gasteiger partial charge in [0.1, 0.15) is 6.54 Å².